The summed E-state index contributed by atoms with van der Waals surface area (Å²) in [6, 6.07) is 4.77. The molecule has 2 aromatic rings. The Hall–Kier alpha value is -0.930. The first-order valence-corrected chi connectivity index (χ1v) is 8.68. The van der Waals surface area contributed by atoms with Crippen LogP contribution < -0.4 is 5.32 Å². The molecule has 108 valence electrons. The second-order valence-corrected chi connectivity index (χ2v) is 7.17. The molecule has 0 amide bonds. The smallest absolute Gasteiger partial charge is 0.0809 e. The van der Waals surface area contributed by atoms with Crippen molar-refractivity contribution in [3.63, 3.8) is 0 Å². The van der Waals surface area contributed by atoms with Crippen LogP contribution in [0, 0.1) is 11.8 Å². The van der Waals surface area contributed by atoms with Crippen molar-refractivity contribution >= 4 is 21.6 Å². The van der Waals surface area contributed by atoms with Gasteiger partial charge in [0.25, 0.3) is 0 Å². The van der Waals surface area contributed by atoms with Gasteiger partial charge in [-0.15, -0.1) is 11.3 Å². The molecule has 1 N–H and O–H groups in total. The Morgan fingerprint density at radius 2 is 2.25 bits per heavy atom. The number of hydrogen-bond donors (Lipinski definition) is 1. The van der Waals surface area contributed by atoms with Crippen LogP contribution in [0.4, 0.5) is 0 Å². The normalized spacial score (nSPS) is 24.9. The SMILES string of the molecule is CC(NCC1CCCCC1C)c1cnc2ccsc2c1. The maximum Gasteiger partial charge on any atom is 0.0809 e. The van der Waals surface area contributed by atoms with Crippen LogP contribution in [-0.4, -0.2) is 11.5 Å². The van der Waals surface area contributed by atoms with E-state index in [1.165, 1.54) is 35.9 Å². The lowest BCUT2D eigenvalue weighted by atomic mass is 9.80. The number of pyridine rings is 1. The van der Waals surface area contributed by atoms with Gasteiger partial charge in [-0.3, -0.25) is 4.98 Å². The molecule has 0 saturated heterocycles. The fraction of sp³-hybridized carbons (Fsp3) is 0.588. The van der Waals surface area contributed by atoms with Gasteiger partial charge >= 0.3 is 0 Å². The van der Waals surface area contributed by atoms with Gasteiger partial charge in [0.15, 0.2) is 0 Å². The first-order chi connectivity index (χ1) is 9.74. The van der Waals surface area contributed by atoms with E-state index in [0.29, 0.717) is 6.04 Å². The zero-order chi connectivity index (χ0) is 13.9. The predicted octanol–water partition coefficient (Wildman–Crippen LogP) is 4.77. The fourth-order valence-corrected chi connectivity index (χ4v) is 4.03. The molecular formula is C17H24N2S. The average molecular weight is 288 g/mol. The van der Waals surface area contributed by atoms with Crippen molar-refractivity contribution in [2.24, 2.45) is 11.8 Å². The lowest BCUT2D eigenvalue weighted by Gasteiger charge is -2.30. The highest BCUT2D eigenvalue weighted by Gasteiger charge is 2.21. The van der Waals surface area contributed by atoms with Gasteiger partial charge in [0.1, 0.15) is 0 Å². The van der Waals surface area contributed by atoms with E-state index in [0.717, 1.165) is 23.9 Å². The van der Waals surface area contributed by atoms with Gasteiger partial charge in [-0.25, -0.2) is 0 Å². The Labute approximate surface area is 125 Å². The highest BCUT2D eigenvalue weighted by atomic mass is 32.1. The third-order valence-electron chi connectivity index (χ3n) is 4.80. The third kappa shape index (κ3) is 3.04. The molecule has 3 atom stereocenters. The van der Waals surface area contributed by atoms with E-state index in [2.05, 4.69) is 41.7 Å². The van der Waals surface area contributed by atoms with E-state index < -0.39 is 0 Å². The average Bonchev–Trinajstić information content (AvgIpc) is 2.93. The topological polar surface area (TPSA) is 24.9 Å². The van der Waals surface area contributed by atoms with Crippen molar-refractivity contribution in [2.45, 2.75) is 45.6 Å². The van der Waals surface area contributed by atoms with Crippen LogP contribution in [0.1, 0.15) is 51.1 Å². The molecule has 3 unspecified atom stereocenters. The zero-order valence-electron chi connectivity index (χ0n) is 12.4. The Balaban J connectivity index is 1.61. The van der Waals surface area contributed by atoms with Crippen molar-refractivity contribution in [2.75, 3.05) is 6.54 Å². The molecule has 20 heavy (non-hydrogen) atoms. The minimum absolute atomic E-state index is 0.392. The molecule has 0 radical (unpaired) electrons. The largest absolute Gasteiger partial charge is 0.310 e. The van der Waals surface area contributed by atoms with Gasteiger partial charge in [-0.05, 0) is 54.8 Å². The van der Waals surface area contributed by atoms with Gasteiger partial charge in [0, 0.05) is 12.2 Å². The summed E-state index contributed by atoms with van der Waals surface area (Å²) in [6.45, 7) is 5.81. The standard InChI is InChI=1S/C17H24N2S/c1-12-5-3-4-6-14(12)10-18-13(2)15-9-17-16(19-11-15)7-8-20-17/h7-9,11-14,18H,3-6,10H2,1-2H3. The summed E-state index contributed by atoms with van der Waals surface area (Å²) < 4.78 is 1.29. The second kappa shape index (κ2) is 6.23. The fourth-order valence-electron chi connectivity index (χ4n) is 3.24. The molecule has 2 heterocycles. The number of rotatable bonds is 4. The Morgan fingerprint density at radius 1 is 1.40 bits per heavy atom. The molecule has 0 spiro atoms. The summed E-state index contributed by atoms with van der Waals surface area (Å²) in [4.78, 5) is 4.54. The Bertz CT molecular complexity index is 563. The highest BCUT2D eigenvalue weighted by molar-refractivity contribution is 7.17. The summed E-state index contributed by atoms with van der Waals surface area (Å²) in [6.07, 6.45) is 7.66. The maximum atomic E-state index is 4.54. The van der Waals surface area contributed by atoms with Gasteiger partial charge in [-0.1, -0.05) is 26.2 Å². The van der Waals surface area contributed by atoms with E-state index in [1.54, 1.807) is 11.3 Å². The lowest BCUT2D eigenvalue weighted by Crippen LogP contribution is -2.31. The lowest BCUT2D eigenvalue weighted by molar-refractivity contribution is 0.242. The molecule has 2 aromatic heterocycles. The summed E-state index contributed by atoms with van der Waals surface area (Å²) >= 11 is 1.78. The van der Waals surface area contributed by atoms with E-state index in [4.69, 9.17) is 0 Å². The quantitative estimate of drug-likeness (QED) is 0.876. The minimum atomic E-state index is 0.392. The molecule has 1 aliphatic carbocycles. The first-order valence-electron chi connectivity index (χ1n) is 7.80. The summed E-state index contributed by atoms with van der Waals surface area (Å²) in [5.41, 5.74) is 2.43. The molecule has 0 aromatic carbocycles. The van der Waals surface area contributed by atoms with Crippen LogP contribution in [-0.2, 0) is 0 Å². The summed E-state index contributed by atoms with van der Waals surface area (Å²) in [5, 5.41) is 5.83. The third-order valence-corrected chi connectivity index (χ3v) is 5.65. The van der Waals surface area contributed by atoms with Crippen LogP contribution >= 0.6 is 11.3 Å². The molecule has 0 aliphatic heterocycles. The van der Waals surface area contributed by atoms with Crippen molar-refractivity contribution in [1.82, 2.24) is 10.3 Å². The molecule has 2 nitrogen and oxygen atoms in total. The molecule has 1 saturated carbocycles. The molecule has 1 fully saturated rings. The van der Waals surface area contributed by atoms with Crippen LogP contribution in [0.3, 0.4) is 0 Å². The number of aromatic nitrogens is 1. The number of fused-ring (bicyclic) bond motifs is 1. The second-order valence-electron chi connectivity index (χ2n) is 6.22. The van der Waals surface area contributed by atoms with Gasteiger partial charge in [0.05, 0.1) is 10.2 Å². The van der Waals surface area contributed by atoms with Crippen LogP contribution in [0.2, 0.25) is 0 Å². The monoisotopic (exact) mass is 288 g/mol. The van der Waals surface area contributed by atoms with E-state index in [-0.39, 0.29) is 0 Å². The number of thiophene rings is 1. The van der Waals surface area contributed by atoms with Crippen LogP contribution in [0.25, 0.3) is 10.2 Å². The summed E-state index contributed by atoms with van der Waals surface area (Å²) in [5.74, 6) is 1.73. The summed E-state index contributed by atoms with van der Waals surface area (Å²) in [7, 11) is 0. The molecular weight excluding hydrogens is 264 g/mol. The van der Waals surface area contributed by atoms with Crippen molar-refractivity contribution in [3.05, 3.63) is 29.3 Å². The maximum absolute atomic E-state index is 4.54. The van der Waals surface area contributed by atoms with E-state index in [9.17, 15) is 0 Å². The van der Waals surface area contributed by atoms with E-state index >= 15 is 0 Å². The van der Waals surface area contributed by atoms with Gasteiger partial charge in [-0.2, -0.15) is 0 Å². The number of nitrogens with zero attached hydrogens (tertiary/aromatic N) is 1. The first kappa shape index (κ1) is 14.0. The molecule has 3 rings (SSSR count). The number of nitrogens with one attached hydrogen (secondary N) is 1. The molecule has 0 bridgehead atoms. The number of hydrogen-bond acceptors (Lipinski definition) is 3. The van der Waals surface area contributed by atoms with Gasteiger partial charge < -0.3 is 5.32 Å². The molecule has 3 heteroatoms. The van der Waals surface area contributed by atoms with Crippen molar-refractivity contribution < 1.29 is 0 Å². The minimum Gasteiger partial charge on any atom is -0.310 e. The Morgan fingerprint density at radius 3 is 3.10 bits per heavy atom. The van der Waals surface area contributed by atoms with Crippen LogP contribution in [0.15, 0.2) is 23.7 Å². The molecule has 1 aliphatic rings. The predicted molar refractivity (Wildman–Crippen MR) is 87.2 cm³/mol. The van der Waals surface area contributed by atoms with Crippen LogP contribution in [0.5, 0.6) is 0 Å². The van der Waals surface area contributed by atoms with Gasteiger partial charge in [0.2, 0.25) is 0 Å². The van der Waals surface area contributed by atoms with Crippen molar-refractivity contribution in [1.29, 1.82) is 0 Å². The zero-order valence-corrected chi connectivity index (χ0v) is 13.2. The van der Waals surface area contributed by atoms with E-state index in [1.807, 2.05) is 6.20 Å². The Kier molecular flexibility index (Phi) is 4.37. The van der Waals surface area contributed by atoms with Crippen molar-refractivity contribution in [3.8, 4) is 0 Å². The highest BCUT2D eigenvalue weighted by Crippen LogP contribution is 2.29.